The van der Waals surface area contributed by atoms with Crippen molar-refractivity contribution in [1.82, 2.24) is 15.1 Å². The molecule has 5 heteroatoms. The fraction of sp³-hybridized carbons (Fsp3) is 0.462. The van der Waals surface area contributed by atoms with Crippen LogP contribution < -0.4 is 0 Å². The van der Waals surface area contributed by atoms with Crippen molar-refractivity contribution < 1.29 is 4.52 Å². The normalized spacial score (nSPS) is 16.6. The Morgan fingerprint density at radius 2 is 2.17 bits per heavy atom. The molecule has 0 bridgehead atoms. The van der Waals surface area contributed by atoms with E-state index in [2.05, 4.69) is 21.2 Å². The molecular formula is C13H14N4O. The first-order valence-electron chi connectivity index (χ1n) is 6.29. The molecule has 0 spiro atoms. The van der Waals surface area contributed by atoms with Crippen LogP contribution in [0.3, 0.4) is 0 Å². The minimum absolute atomic E-state index is 0.432. The first kappa shape index (κ1) is 11.0. The lowest BCUT2D eigenvalue weighted by atomic mass is 9.89. The molecule has 92 valence electrons. The highest BCUT2D eigenvalue weighted by atomic mass is 16.5. The molecule has 1 N–H and O–H groups in total. The zero-order chi connectivity index (χ0) is 12.4. The number of nitriles is 1. The van der Waals surface area contributed by atoms with Crippen molar-refractivity contribution in [1.29, 1.82) is 5.26 Å². The van der Waals surface area contributed by atoms with Crippen molar-refractivity contribution in [3.05, 3.63) is 23.7 Å². The third-order valence-electron chi connectivity index (χ3n) is 3.45. The molecule has 18 heavy (non-hydrogen) atoms. The van der Waals surface area contributed by atoms with Gasteiger partial charge in [-0.25, -0.2) is 0 Å². The van der Waals surface area contributed by atoms with Crippen molar-refractivity contribution in [3.63, 3.8) is 0 Å². The molecule has 0 radical (unpaired) electrons. The second-order valence-corrected chi connectivity index (χ2v) is 4.71. The molecular weight excluding hydrogens is 228 g/mol. The van der Waals surface area contributed by atoms with Gasteiger partial charge in [0.1, 0.15) is 11.8 Å². The number of aromatic nitrogens is 3. The van der Waals surface area contributed by atoms with Crippen molar-refractivity contribution in [2.45, 2.75) is 38.0 Å². The van der Waals surface area contributed by atoms with E-state index in [-0.39, 0.29) is 0 Å². The molecule has 2 aromatic rings. The lowest BCUT2D eigenvalue weighted by Crippen LogP contribution is -2.06. The average molecular weight is 242 g/mol. The van der Waals surface area contributed by atoms with Gasteiger partial charge in [-0.1, -0.05) is 24.4 Å². The molecule has 0 aromatic carbocycles. The summed E-state index contributed by atoms with van der Waals surface area (Å²) in [7, 11) is 0. The summed E-state index contributed by atoms with van der Waals surface area (Å²) in [6, 6.07) is 3.79. The monoisotopic (exact) mass is 242 g/mol. The fourth-order valence-corrected chi connectivity index (χ4v) is 2.45. The summed E-state index contributed by atoms with van der Waals surface area (Å²) in [6.45, 7) is 0. The van der Waals surface area contributed by atoms with E-state index in [1.807, 2.05) is 0 Å². The van der Waals surface area contributed by atoms with E-state index in [9.17, 15) is 0 Å². The lowest BCUT2D eigenvalue weighted by Gasteiger charge is -2.17. The summed E-state index contributed by atoms with van der Waals surface area (Å²) in [6.07, 6.45) is 7.73. The van der Waals surface area contributed by atoms with Crippen molar-refractivity contribution >= 4 is 0 Å². The number of nitrogens with zero attached hydrogens (tertiary/aromatic N) is 3. The van der Waals surface area contributed by atoms with Crippen LogP contribution in [0.1, 0.15) is 49.4 Å². The van der Waals surface area contributed by atoms with E-state index in [4.69, 9.17) is 9.78 Å². The van der Waals surface area contributed by atoms with E-state index in [0.29, 0.717) is 23.1 Å². The van der Waals surface area contributed by atoms with E-state index in [0.717, 1.165) is 18.7 Å². The third-order valence-corrected chi connectivity index (χ3v) is 3.45. The maximum Gasteiger partial charge on any atom is 0.274 e. The van der Waals surface area contributed by atoms with Gasteiger partial charge in [0.05, 0.1) is 5.56 Å². The minimum atomic E-state index is 0.432. The van der Waals surface area contributed by atoms with E-state index >= 15 is 0 Å². The molecule has 0 amide bonds. The highest BCUT2D eigenvalue weighted by Crippen LogP contribution is 2.31. The van der Waals surface area contributed by atoms with Crippen LogP contribution in [0, 0.1) is 11.3 Å². The van der Waals surface area contributed by atoms with Gasteiger partial charge in [-0.15, -0.1) is 0 Å². The maximum atomic E-state index is 8.77. The van der Waals surface area contributed by atoms with Crippen LogP contribution in [0.4, 0.5) is 0 Å². The maximum absolute atomic E-state index is 8.77. The van der Waals surface area contributed by atoms with E-state index in [1.165, 1.54) is 19.3 Å². The molecule has 0 atom stereocenters. The van der Waals surface area contributed by atoms with E-state index in [1.54, 1.807) is 12.3 Å². The number of H-pyrrole nitrogens is 1. The Morgan fingerprint density at radius 1 is 1.33 bits per heavy atom. The Kier molecular flexibility index (Phi) is 2.85. The van der Waals surface area contributed by atoms with Crippen LogP contribution in [0.15, 0.2) is 16.8 Å². The first-order valence-corrected chi connectivity index (χ1v) is 6.29. The molecule has 0 aliphatic heterocycles. The van der Waals surface area contributed by atoms with E-state index < -0.39 is 0 Å². The van der Waals surface area contributed by atoms with Crippen LogP contribution >= 0.6 is 0 Å². The lowest BCUT2D eigenvalue weighted by molar-refractivity contribution is 0.385. The fourth-order valence-electron chi connectivity index (χ4n) is 2.45. The summed E-state index contributed by atoms with van der Waals surface area (Å²) >= 11 is 0. The first-order chi connectivity index (χ1) is 8.86. The second-order valence-electron chi connectivity index (χ2n) is 4.71. The number of aromatic amines is 1. The molecule has 2 heterocycles. The van der Waals surface area contributed by atoms with Gasteiger partial charge in [-0.3, -0.25) is 0 Å². The highest BCUT2D eigenvalue weighted by Gasteiger charge is 2.21. The third kappa shape index (κ3) is 2.02. The summed E-state index contributed by atoms with van der Waals surface area (Å²) in [5.41, 5.74) is 1.28. The standard InChI is InChI=1S/C13H14N4O/c14-7-9-6-11(15-8-9)13-16-12(17-18-13)10-4-2-1-3-5-10/h6,8,10,15H,1-5H2. The number of nitrogens with one attached hydrogen (secondary N) is 1. The predicted molar refractivity (Wildman–Crippen MR) is 64.6 cm³/mol. The van der Waals surface area contributed by atoms with Crippen molar-refractivity contribution in [2.24, 2.45) is 0 Å². The van der Waals surface area contributed by atoms with Crippen LogP contribution in [0.5, 0.6) is 0 Å². The Bertz CT molecular complexity index is 572. The van der Waals surface area contributed by atoms with Gasteiger partial charge in [0, 0.05) is 12.1 Å². The van der Waals surface area contributed by atoms with Gasteiger partial charge in [0.25, 0.3) is 5.89 Å². The van der Waals surface area contributed by atoms with Gasteiger partial charge in [0.15, 0.2) is 5.82 Å². The highest BCUT2D eigenvalue weighted by molar-refractivity contribution is 5.51. The smallest absolute Gasteiger partial charge is 0.274 e. The molecule has 3 rings (SSSR count). The molecule has 1 fully saturated rings. The molecule has 1 aliphatic carbocycles. The number of rotatable bonds is 2. The minimum Gasteiger partial charge on any atom is -0.356 e. The SMILES string of the molecule is N#Cc1c[nH]c(-c2nc(C3CCCCC3)no2)c1. The van der Waals surface area contributed by atoms with Crippen LogP contribution in [0.2, 0.25) is 0 Å². The average Bonchev–Trinajstić information content (AvgIpc) is 3.08. The topological polar surface area (TPSA) is 78.5 Å². The Labute approximate surface area is 105 Å². The summed E-state index contributed by atoms with van der Waals surface area (Å²) in [5.74, 6) is 1.71. The van der Waals surface area contributed by atoms with Crippen molar-refractivity contribution in [2.75, 3.05) is 0 Å². The van der Waals surface area contributed by atoms with Gasteiger partial charge in [-0.2, -0.15) is 10.2 Å². The summed E-state index contributed by atoms with van der Waals surface area (Å²) < 4.78 is 5.26. The van der Waals surface area contributed by atoms with Gasteiger partial charge in [0.2, 0.25) is 0 Å². The predicted octanol–water partition coefficient (Wildman–Crippen LogP) is 2.98. The molecule has 5 nitrogen and oxygen atoms in total. The molecule has 1 aliphatic rings. The van der Waals surface area contributed by atoms with Gasteiger partial charge < -0.3 is 9.51 Å². The van der Waals surface area contributed by atoms with Crippen LogP contribution in [-0.2, 0) is 0 Å². The quantitative estimate of drug-likeness (QED) is 0.878. The Morgan fingerprint density at radius 3 is 2.89 bits per heavy atom. The molecule has 0 saturated heterocycles. The van der Waals surface area contributed by atoms with Gasteiger partial charge >= 0.3 is 0 Å². The zero-order valence-electron chi connectivity index (χ0n) is 10.0. The second kappa shape index (κ2) is 4.65. The molecule has 2 aromatic heterocycles. The number of hydrogen-bond donors (Lipinski definition) is 1. The summed E-state index contributed by atoms with van der Waals surface area (Å²) in [4.78, 5) is 7.40. The molecule has 1 saturated carbocycles. The van der Waals surface area contributed by atoms with Crippen molar-refractivity contribution in [3.8, 4) is 17.7 Å². The van der Waals surface area contributed by atoms with Gasteiger partial charge in [-0.05, 0) is 18.9 Å². The molecule has 0 unspecified atom stereocenters. The summed E-state index contributed by atoms with van der Waals surface area (Å²) in [5, 5.41) is 12.8. The Hall–Kier alpha value is -2.09. The largest absolute Gasteiger partial charge is 0.356 e. The van der Waals surface area contributed by atoms with Crippen LogP contribution in [0.25, 0.3) is 11.6 Å². The Balaban J connectivity index is 1.82. The van der Waals surface area contributed by atoms with Crippen LogP contribution in [-0.4, -0.2) is 15.1 Å². The number of hydrogen-bond acceptors (Lipinski definition) is 4. The zero-order valence-corrected chi connectivity index (χ0v) is 10.0.